The molecule has 6 nitrogen and oxygen atoms in total. The van der Waals surface area contributed by atoms with Gasteiger partial charge in [0.05, 0.1) is 19.8 Å². The normalized spacial score (nSPS) is 30.2. The van der Waals surface area contributed by atoms with Gasteiger partial charge in [0.1, 0.15) is 12.2 Å². The zero-order valence-electron chi connectivity index (χ0n) is 16.7. The lowest BCUT2D eigenvalue weighted by atomic mass is 9.97. The molecule has 2 aliphatic heterocycles. The number of ether oxygens (including phenoxy) is 5. The molecule has 2 aromatic rings. The molecule has 2 saturated heterocycles. The average molecular weight is 398 g/mol. The maximum Gasteiger partial charge on any atom is 0.191 e. The van der Waals surface area contributed by atoms with Gasteiger partial charge in [-0.15, -0.1) is 0 Å². The smallest absolute Gasteiger partial charge is 0.191 e. The Morgan fingerprint density at radius 3 is 2.14 bits per heavy atom. The van der Waals surface area contributed by atoms with E-state index in [-0.39, 0.29) is 6.61 Å². The van der Waals surface area contributed by atoms with Crippen molar-refractivity contribution < 1.29 is 28.5 Å². The first kappa shape index (κ1) is 20.2. The fourth-order valence-corrected chi connectivity index (χ4v) is 3.76. The molecule has 2 fully saturated rings. The van der Waals surface area contributed by atoms with Gasteiger partial charge in [-0.25, -0.2) is 0 Å². The predicted octanol–water partition coefficient (Wildman–Crippen LogP) is 3.23. The Kier molecular flexibility index (Phi) is 5.81. The number of hydrogen-bond acceptors (Lipinski definition) is 6. The molecular weight excluding hydrogens is 372 g/mol. The molecular formula is C23H26O6. The van der Waals surface area contributed by atoms with Crippen LogP contribution in [0.15, 0.2) is 60.7 Å². The first-order valence-electron chi connectivity index (χ1n) is 9.78. The van der Waals surface area contributed by atoms with E-state index in [1.54, 1.807) is 0 Å². The summed E-state index contributed by atoms with van der Waals surface area (Å²) in [6, 6.07) is 19.5. The summed E-state index contributed by atoms with van der Waals surface area (Å²) in [7, 11) is 0. The molecule has 0 saturated carbocycles. The first-order chi connectivity index (χ1) is 14.0. The van der Waals surface area contributed by atoms with Crippen LogP contribution in [0.1, 0.15) is 25.0 Å². The minimum atomic E-state index is -1.30. The highest BCUT2D eigenvalue weighted by molar-refractivity contribution is 5.65. The molecule has 29 heavy (non-hydrogen) atoms. The van der Waals surface area contributed by atoms with E-state index in [0.29, 0.717) is 13.2 Å². The Morgan fingerprint density at radius 1 is 0.897 bits per heavy atom. The lowest BCUT2D eigenvalue weighted by Gasteiger charge is -2.32. The lowest BCUT2D eigenvalue weighted by Crippen LogP contribution is -2.51. The van der Waals surface area contributed by atoms with Gasteiger partial charge in [0.15, 0.2) is 24.0 Å². The molecule has 2 unspecified atom stereocenters. The molecule has 0 bridgehead atoms. The Labute approximate surface area is 170 Å². The first-order valence-corrected chi connectivity index (χ1v) is 9.78. The third kappa shape index (κ3) is 4.42. The Balaban J connectivity index is 1.49. The van der Waals surface area contributed by atoms with Crippen molar-refractivity contribution in [2.24, 2.45) is 0 Å². The topological polar surface area (TPSA) is 63.2 Å². The van der Waals surface area contributed by atoms with Gasteiger partial charge in [0.25, 0.3) is 0 Å². The molecule has 0 N–H and O–H groups in total. The van der Waals surface area contributed by atoms with Crippen molar-refractivity contribution in [3.63, 3.8) is 0 Å². The standard InChI is InChI=1S/C23H26O6/c1-22(2)27-19-20(26-14-18-11-7-4-8-12-18)23(15-24,29-21(19)28-22)16-25-13-17-9-5-3-6-10-17/h3-12,15,19-21H,13-14,16H2,1-2H3/t19?,20?,21-,23+/m0/s1. The van der Waals surface area contributed by atoms with E-state index in [4.69, 9.17) is 23.7 Å². The second-order valence-corrected chi connectivity index (χ2v) is 7.85. The molecule has 0 amide bonds. The summed E-state index contributed by atoms with van der Waals surface area (Å²) in [5.41, 5.74) is 0.719. The maximum absolute atomic E-state index is 12.2. The van der Waals surface area contributed by atoms with Crippen molar-refractivity contribution >= 4 is 6.29 Å². The van der Waals surface area contributed by atoms with Crippen molar-refractivity contribution in [1.29, 1.82) is 0 Å². The quantitative estimate of drug-likeness (QED) is 0.636. The van der Waals surface area contributed by atoms with Crippen LogP contribution < -0.4 is 0 Å². The summed E-state index contributed by atoms with van der Waals surface area (Å²) in [6.07, 6.45) is -1.09. The van der Waals surface area contributed by atoms with Crippen LogP contribution >= 0.6 is 0 Å². The van der Waals surface area contributed by atoms with Crippen LogP contribution in [0.4, 0.5) is 0 Å². The van der Waals surface area contributed by atoms with Crippen molar-refractivity contribution in [3.8, 4) is 0 Å². The van der Waals surface area contributed by atoms with Crippen molar-refractivity contribution in [3.05, 3.63) is 71.8 Å². The van der Waals surface area contributed by atoms with E-state index >= 15 is 0 Å². The van der Waals surface area contributed by atoms with E-state index in [0.717, 1.165) is 17.4 Å². The number of aldehydes is 1. The van der Waals surface area contributed by atoms with Gasteiger partial charge >= 0.3 is 0 Å². The van der Waals surface area contributed by atoms with Crippen LogP contribution in [0.25, 0.3) is 0 Å². The number of carbonyl (C=O) groups is 1. The molecule has 2 aliphatic rings. The van der Waals surface area contributed by atoms with Crippen LogP contribution in [0.2, 0.25) is 0 Å². The summed E-state index contributed by atoms with van der Waals surface area (Å²) in [5, 5.41) is 0. The molecule has 4 atom stereocenters. The van der Waals surface area contributed by atoms with E-state index in [1.807, 2.05) is 74.5 Å². The van der Waals surface area contributed by atoms with E-state index in [1.165, 1.54) is 0 Å². The van der Waals surface area contributed by atoms with Crippen LogP contribution in [0, 0.1) is 0 Å². The predicted molar refractivity (Wildman–Crippen MR) is 105 cm³/mol. The van der Waals surface area contributed by atoms with Gasteiger partial charge in [0.2, 0.25) is 0 Å². The largest absolute Gasteiger partial charge is 0.373 e. The van der Waals surface area contributed by atoms with E-state index in [2.05, 4.69) is 0 Å². The van der Waals surface area contributed by atoms with E-state index < -0.39 is 29.9 Å². The molecule has 0 aromatic heterocycles. The van der Waals surface area contributed by atoms with Gasteiger partial charge in [-0.05, 0) is 25.0 Å². The fourth-order valence-electron chi connectivity index (χ4n) is 3.76. The second kappa shape index (κ2) is 8.34. The van der Waals surface area contributed by atoms with Gasteiger partial charge < -0.3 is 23.7 Å². The minimum absolute atomic E-state index is 0.0466. The molecule has 0 aliphatic carbocycles. The summed E-state index contributed by atoms with van der Waals surface area (Å²) in [5.74, 6) is -0.802. The molecule has 2 aromatic carbocycles. The van der Waals surface area contributed by atoms with Crippen molar-refractivity contribution in [2.45, 2.75) is 56.9 Å². The van der Waals surface area contributed by atoms with E-state index in [9.17, 15) is 4.79 Å². The van der Waals surface area contributed by atoms with Gasteiger partial charge in [-0.2, -0.15) is 0 Å². The van der Waals surface area contributed by atoms with Crippen LogP contribution in [0.3, 0.4) is 0 Å². The fraction of sp³-hybridized carbons (Fsp3) is 0.435. The molecule has 6 heteroatoms. The Morgan fingerprint density at radius 2 is 1.52 bits per heavy atom. The number of rotatable bonds is 8. The Bertz CT molecular complexity index is 809. The minimum Gasteiger partial charge on any atom is -0.373 e. The number of hydrogen-bond donors (Lipinski definition) is 0. The zero-order chi connectivity index (χ0) is 20.3. The van der Waals surface area contributed by atoms with Gasteiger partial charge in [-0.1, -0.05) is 60.7 Å². The van der Waals surface area contributed by atoms with Crippen molar-refractivity contribution in [1.82, 2.24) is 0 Å². The average Bonchev–Trinajstić information content (AvgIpc) is 3.17. The summed E-state index contributed by atoms with van der Waals surface area (Å²) >= 11 is 0. The monoisotopic (exact) mass is 398 g/mol. The molecule has 0 spiro atoms. The Hall–Kier alpha value is -2.09. The summed E-state index contributed by atoms with van der Waals surface area (Å²) < 4.78 is 29.9. The summed E-state index contributed by atoms with van der Waals surface area (Å²) in [6.45, 7) is 4.38. The van der Waals surface area contributed by atoms with Gasteiger partial charge in [-0.3, -0.25) is 4.79 Å². The zero-order valence-corrected chi connectivity index (χ0v) is 16.7. The third-order valence-corrected chi connectivity index (χ3v) is 5.11. The summed E-state index contributed by atoms with van der Waals surface area (Å²) in [4.78, 5) is 12.2. The van der Waals surface area contributed by atoms with Crippen LogP contribution in [0.5, 0.6) is 0 Å². The lowest BCUT2D eigenvalue weighted by molar-refractivity contribution is -0.246. The number of benzene rings is 2. The van der Waals surface area contributed by atoms with Gasteiger partial charge in [0, 0.05) is 0 Å². The molecule has 0 radical (unpaired) electrons. The molecule has 154 valence electrons. The number of fused-ring (bicyclic) bond motifs is 1. The SMILES string of the molecule is CC1(C)OC2C(OCc3ccccc3)[C@@](C=O)(COCc3ccccc3)O[C@@H]2O1. The molecule has 4 rings (SSSR count). The highest BCUT2D eigenvalue weighted by Crippen LogP contribution is 2.43. The second-order valence-electron chi connectivity index (χ2n) is 7.85. The van der Waals surface area contributed by atoms with Crippen molar-refractivity contribution in [2.75, 3.05) is 6.61 Å². The maximum atomic E-state index is 12.2. The highest BCUT2D eigenvalue weighted by Gasteiger charge is 2.63. The van der Waals surface area contributed by atoms with Crippen LogP contribution in [-0.2, 0) is 41.7 Å². The third-order valence-electron chi connectivity index (χ3n) is 5.11. The molecule has 2 heterocycles. The van der Waals surface area contributed by atoms with Crippen LogP contribution in [-0.4, -0.2) is 42.8 Å². The highest BCUT2D eigenvalue weighted by atomic mass is 16.8. The number of carbonyl (C=O) groups excluding carboxylic acids is 1.